The van der Waals surface area contributed by atoms with Gasteiger partial charge in [-0.3, -0.25) is 14.2 Å². The summed E-state index contributed by atoms with van der Waals surface area (Å²) in [6.07, 6.45) is 5.27. The number of thiophene rings is 1. The van der Waals surface area contributed by atoms with Gasteiger partial charge in [-0.25, -0.2) is 4.98 Å². The van der Waals surface area contributed by atoms with Crippen molar-refractivity contribution in [3.8, 4) is 5.69 Å². The molecule has 0 radical (unpaired) electrons. The number of rotatable bonds is 7. The molecule has 1 aliphatic carbocycles. The van der Waals surface area contributed by atoms with Gasteiger partial charge in [0.2, 0.25) is 0 Å². The van der Waals surface area contributed by atoms with Gasteiger partial charge in [0, 0.05) is 28.4 Å². The predicted octanol–water partition coefficient (Wildman–Crippen LogP) is 6.13. The number of thioether (sulfide) groups is 1. The number of hydrogen-bond donors (Lipinski definition) is 0. The molecule has 0 aliphatic heterocycles. The first-order chi connectivity index (χ1) is 16.5. The minimum Gasteiger partial charge on any atom is -0.348 e. The third-order valence-corrected chi connectivity index (χ3v) is 8.75. The maximum Gasteiger partial charge on any atom is 0.267 e. The lowest BCUT2D eigenvalue weighted by Crippen LogP contribution is -2.22. The van der Waals surface area contributed by atoms with Crippen LogP contribution in [0, 0.1) is 13.8 Å². The molecule has 5 nitrogen and oxygen atoms in total. The van der Waals surface area contributed by atoms with E-state index in [9.17, 15) is 9.59 Å². The smallest absolute Gasteiger partial charge is 0.267 e. The monoisotopic (exact) mass is 491 g/mol. The fourth-order valence-corrected chi connectivity index (χ4v) is 7.15. The Morgan fingerprint density at radius 3 is 2.68 bits per heavy atom. The molecular formula is C27H29N3O2S2. The first-order valence-corrected chi connectivity index (χ1v) is 13.7. The number of aromatic nitrogens is 3. The summed E-state index contributed by atoms with van der Waals surface area (Å²) in [6, 6.07) is 11.6. The van der Waals surface area contributed by atoms with E-state index < -0.39 is 0 Å². The largest absolute Gasteiger partial charge is 0.348 e. The quantitative estimate of drug-likeness (QED) is 0.177. The number of carbonyl (C=O) groups excluding carboxylic acids is 1. The molecule has 0 spiro atoms. The Labute approximate surface area is 207 Å². The zero-order chi connectivity index (χ0) is 23.8. The summed E-state index contributed by atoms with van der Waals surface area (Å²) in [5.41, 5.74) is 4.84. The van der Waals surface area contributed by atoms with Gasteiger partial charge < -0.3 is 4.57 Å². The van der Waals surface area contributed by atoms with Crippen molar-refractivity contribution < 1.29 is 4.79 Å². The molecule has 1 aromatic carbocycles. The highest BCUT2D eigenvalue weighted by Crippen LogP contribution is 2.35. The van der Waals surface area contributed by atoms with Crippen molar-refractivity contribution in [3.05, 3.63) is 74.1 Å². The average molecular weight is 492 g/mol. The topological polar surface area (TPSA) is 56.9 Å². The van der Waals surface area contributed by atoms with E-state index in [2.05, 4.69) is 11.5 Å². The van der Waals surface area contributed by atoms with Gasteiger partial charge in [0.05, 0.1) is 16.8 Å². The van der Waals surface area contributed by atoms with Crippen molar-refractivity contribution in [2.45, 2.75) is 64.6 Å². The SMILES string of the molecule is CCCn1c(C)cc(C(=O)CSc2nc3sc4c(c3c(=O)n2-c2ccccc2)CCCC4)c1C. The number of benzene rings is 1. The van der Waals surface area contributed by atoms with Crippen LogP contribution in [0.5, 0.6) is 0 Å². The molecule has 3 heterocycles. The zero-order valence-corrected chi connectivity index (χ0v) is 21.5. The third kappa shape index (κ3) is 4.05. The van der Waals surface area contributed by atoms with Crippen LogP contribution >= 0.6 is 23.1 Å². The van der Waals surface area contributed by atoms with Gasteiger partial charge in [-0.2, -0.15) is 0 Å². The van der Waals surface area contributed by atoms with Crippen LogP contribution in [0.4, 0.5) is 0 Å². The molecule has 3 aromatic heterocycles. The van der Waals surface area contributed by atoms with Crippen LogP contribution in [-0.4, -0.2) is 25.7 Å². The molecule has 1 aliphatic rings. The Bertz CT molecular complexity index is 1430. The minimum absolute atomic E-state index is 0.0216. The van der Waals surface area contributed by atoms with Crippen molar-refractivity contribution in [2.75, 3.05) is 5.75 Å². The average Bonchev–Trinajstić information content (AvgIpc) is 3.36. The lowest BCUT2D eigenvalue weighted by molar-refractivity contribution is 0.102. The molecule has 0 bridgehead atoms. The molecular weight excluding hydrogens is 462 g/mol. The molecule has 0 amide bonds. The molecule has 4 aromatic rings. The molecule has 7 heteroatoms. The molecule has 0 fully saturated rings. The number of fused-ring (bicyclic) bond motifs is 3. The first-order valence-electron chi connectivity index (χ1n) is 11.9. The summed E-state index contributed by atoms with van der Waals surface area (Å²) < 4.78 is 3.90. The van der Waals surface area contributed by atoms with Crippen molar-refractivity contribution >= 4 is 39.1 Å². The maximum atomic E-state index is 13.8. The fourth-order valence-electron chi connectivity index (χ4n) is 4.95. The second kappa shape index (κ2) is 9.55. The normalized spacial score (nSPS) is 13.4. The van der Waals surface area contributed by atoms with E-state index in [0.717, 1.165) is 65.1 Å². The Morgan fingerprint density at radius 2 is 1.91 bits per heavy atom. The van der Waals surface area contributed by atoms with E-state index in [1.54, 1.807) is 15.9 Å². The summed E-state index contributed by atoms with van der Waals surface area (Å²) in [6.45, 7) is 7.12. The molecule has 0 atom stereocenters. The Morgan fingerprint density at radius 1 is 1.15 bits per heavy atom. The van der Waals surface area contributed by atoms with Crippen LogP contribution in [-0.2, 0) is 19.4 Å². The van der Waals surface area contributed by atoms with E-state index in [1.165, 1.54) is 28.6 Å². The predicted molar refractivity (Wildman–Crippen MR) is 141 cm³/mol. The van der Waals surface area contributed by atoms with E-state index in [0.29, 0.717) is 5.16 Å². The number of nitrogens with zero attached hydrogens (tertiary/aromatic N) is 3. The standard InChI is InChI=1S/C27H29N3O2S2/c1-4-14-29-17(2)15-21(18(29)3)22(31)16-33-27-28-25-24(20-12-8-9-13-23(20)34-25)26(32)30(27)19-10-6-5-7-11-19/h5-7,10-11,15H,4,8-9,12-14,16H2,1-3H3. The van der Waals surface area contributed by atoms with Crippen LogP contribution in [0.2, 0.25) is 0 Å². The van der Waals surface area contributed by atoms with Crippen molar-refractivity contribution in [2.24, 2.45) is 0 Å². The van der Waals surface area contributed by atoms with Crippen LogP contribution < -0.4 is 5.56 Å². The van der Waals surface area contributed by atoms with Gasteiger partial charge in [-0.1, -0.05) is 36.9 Å². The van der Waals surface area contributed by atoms with Gasteiger partial charge in [0.15, 0.2) is 10.9 Å². The highest BCUT2D eigenvalue weighted by molar-refractivity contribution is 7.99. The van der Waals surface area contributed by atoms with Crippen LogP contribution in [0.1, 0.15) is 58.4 Å². The molecule has 0 saturated carbocycles. The summed E-state index contributed by atoms with van der Waals surface area (Å²) in [7, 11) is 0. The first kappa shape index (κ1) is 23.1. The fraction of sp³-hybridized carbons (Fsp3) is 0.370. The number of aryl methyl sites for hydroxylation is 3. The maximum absolute atomic E-state index is 13.8. The summed E-state index contributed by atoms with van der Waals surface area (Å²) >= 11 is 3.01. The summed E-state index contributed by atoms with van der Waals surface area (Å²) in [5, 5.41) is 1.35. The highest BCUT2D eigenvalue weighted by atomic mass is 32.2. The lowest BCUT2D eigenvalue weighted by atomic mass is 9.97. The van der Waals surface area contributed by atoms with Gasteiger partial charge in [-0.05, 0) is 69.7 Å². The Kier molecular flexibility index (Phi) is 6.49. The number of Topliss-reactive ketones (excluding diaryl/α,β-unsaturated/α-hetero) is 1. The Hall–Kier alpha value is -2.64. The van der Waals surface area contributed by atoms with Gasteiger partial charge in [0.1, 0.15) is 4.83 Å². The van der Waals surface area contributed by atoms with E-state index in [-0.39, 0.29) is 17.1 Å². The molecule has 34 heavy (non-hydrogen) atoms. The lowest BCUT2D eigenvalue weighted by Gasteiger charge is -2.13. The van der Waals surface area contributed by atoms with Gasteiger partial charge in [-0.15, -0.1) is 11.3 Å². The summed E-state index contributed by atoms with van der Waals surface area (Å²) in [4.78, 5) is 34.1. The number of hydrogen-bond acceptors (Lipinski definition) is 5. The van der Waals surface area contributed by atoms with Crippen LogP contribution in [0.15, 0.2) is 46.3 Å². The number of para-hydroxylation sites is 1. The Balaban J connectivity index is 1.55. The second-order valence-electron chi connectivity index (χ2n) is 8.91. The molecule has 0 saturated heterocycles. The highest BCUT2D eigenvalue weighted by Gasteiger charge is 2.24. The van der Waals surface area contributed by atoms with Crippen LogP contribution in [0.25, 0.3) is 15.9 Å². The summed E-state index contributed by atoms with van der Waals surface area (Å²) in [5.74, 6) is 0.312. The molecule has 176 valence electrons. The minimum atomic E-state index is -0.0216. The van der Waals surface area contributed by atoms with E-state index >= 15 is 0 Å². The molecule has 5 rings (SSSR count). The third-order valence-electron chi connectivity index (χ3n) is 6.63. The number of carbonyl (C=O) groups is 1. The van der Waals surface area contributed by atoms with Gasteiger partial charge >= 0.3 is 0 Å². The van der Waals surface area contributed by atoms with Crippen molar-refractivity contribution in [1.29, 1.82) is 0 Å². The van der Waals surface area contributed by atoms with Gasteiger partial charge in [0.25, 0.3) is 5.56 Å². The van der Waals surface area contributed by atoms with E-state index in [4.69, 9.17) is 4.98 Å². The second-order valence-corrected chi connectivity index (χ2v) is 10.9. The molecule has 0 N–H and O–H groups in total. The van der Waals surface area contributed by atoms with Crippen molar-refractivity contribution in [1.82, 2.24) is 14.1 Å². The number of ketones is 1. The van der Waals surface area contributed by atoms with E-state index in [1.807, 2.05) is 50.2 Å². The zero-order valence-electron chi connectivity index (χ0n) is 19.9. The van der Waals surface area contributed by atoms with Crippen molar-refractivity contribution in [3.63, 3.8) is 0 Å². The van der Waals surface area contributed by atoms with Crippen LogP contribution in [0.3, 0.4) is 0 Å². The molecule has 0 unspecified atom stereocenters.